The Hall–Kier alpha value is -0.120. The number of nitrogens with zero attached hydrogens (tertiary/aromatic N) is 1. The van der Waals surface area contributed by atoms with Gasteiger partial charge in [0.1, 0.15) is 0 Å². The van der Waals surface area contributed by atoms with Crippen molar-refractivity contribution in [2.75, 3.05) is 33.4 Å². The molecule has 0 bridgehead atoms. The average Bonchev–Trinajstić information content (AvgIpc) is 3.18. The van der Waals surface area contributed by atoms with E-state index in [2.05, 4.69) is 17.3 Å². The number of nitrogens with one attached hydrogen (secondary N) is 1. The fourth-order valence-corrected chi connectivity index (χ4v) is 3.02. The second-order valence-corrected chi connectivity index (χ2v) is 6.41. The highest BCUT2D eigenvalue weighted by Crippen LogP contribution is 2.35. The number of ether oxygens (including phenoxy) is 1. The average molecular weight is 238 g/mol. The standard InChI is InChI=1S/C14H26N2O/c1-16(13-4-5-13)11-14(6-8-17-9-7-14)10-15-12-2-3-12/h12-13,15H,2-11H2,1H3. The molecule has 1 saturated heterocycles. The van der Waals surface area contributed by atoms with Crippen LogP contribution in [-0.4, -0.2) is 50.3 Å². The van der Waals surface area contributed by atoms with Gasteiger partial charge in [0.25, 0.3) is 0 Å². The zero-order valence-corrected chi connectivity index (χ0v) is 11.1. The first-order valence-electron chi connectivity index (χ1n) is 7.29. The Morgan fingerprint density at radius 3 is 2.47 bits per heavy atom. The SMILES string of the molecule is CN(CC1(CNC2CC2)CCOCC1)C1CC1. The maximum absolute atomic E-state index is 5.56. The maximum atomic E-state index is 5.56. The van der Waals surface area contributed by atoms with Gasteiger partial charge in [0, 0.05) is 38.4 Å². The van der Waals surface area contributed by atoms with Crippen LogP contribution >= 0.6 is 0 Å². The van der Waals surface area contributed by atoms with Crippen LogP contribution in [0.15, 0.2) is 0 Å². The first-order valence-corrected chi connectivity index (χ1v) is 7.29. The van der Waals surface area contributed by atoms with Gasteiger partial charge in [0.05, 0.1) is 0 Å². The van der Waals surface area contributed by atoms with E-state index in [4.69, 9.17) is 4.74 Å². The van der Waals surface area contributed by atoms with Crippen molar-refractivity contribution in [3.8, 4) is 0 Å². The first-order chi connectivity index (χ1) is 8.27. The van der Waals surface area contributed by atoms with Crippen LogP contribution in [0.2, 0.25) is 0 Å². The molecule has 1 heterocycles. The Bertz CT molecular complexity index is 255. The molecule has 3 rings (SSSR count). The number of rotatable bonds is 6. The molecule has 0 atom stereocenters. The molecule has 2 aliphatic carbocycles. The van der Waals surface area contributed by atoms with E-state index in [1.54, 1.807) is 0 Å². The van der Waals surface area contributed by atoms with Gasteiger partial charge in [-0.25, -0.2) is 0 Å². The van der Waals surface area contributed by atoms with E-state index in [-0.39, 0.29) is 0 Å². The minimum Gasteiger partial charge on any atom is -0.381 e. The van der Waals surface area contributed by atoms with Crippen LogP contribution in [0.25, 0.3) is 0 Å². The second kappa shape index (κ2) is 4.87. The zero-order valence-electron chi connectivity index (χ0n) is 11.1. The zero-order chi connectivity index (χ0) is 11.7. The highest BCUT2D eigenvalue weighted by Gasteiger charge is 2.38. The van der Waals surface area contributed by atoms with E-state index in [9.17, 15) is 0 Å². The Kier molecular flexibility index (Phi) is 3.42. The summed E-state index contributed by atoms with van der Waals surface area (Å²) in [4.78, 5) is 2.60. The van der Waals surface area contributed by atoms with E-state index in [1.807, 2.05) is 0 Å². The molecule has 0 aromatic heterocycles. The molecule has 3 fully saturated rings. The summed E-state index contributed by atoms with van der Waals surface area (Å²) in [6.07, 6.45) is 8.10. The summed E-state index contributed by atoms with van der Waals surface area (Å²) in [6, 6.07) is 1.72. The minimum atomic E-state index is 0.484. The van der Waals surface area contributed by atoms with Crippen molar-refractivity contribution in [3.63, 3.8) is 0 Å². The third-order valence-electron chi connectivity index (χ3n) is 4.65. The van der Waals surface area contributed by atoms with Gasteiger partial charge < -0.3 is 15.0 Å². The van der Waals surface area contributed by atoms with E-state index in [1.165, 1.54) is 51.6 Å². The van der Waals surface area contributed by atoms with Gasteiger partial charge in [-0.1, -0.05) is 0 Å². The maximum Gasteiger partial charge on any atom is 0.0472 e. The van der Waals surface area contributed by atoms with Gasteiger partial charge in [0.15, 0.2) is 0 Å². The fraction of sp³-hybridized carbons (Fsp3) is 1.00. The van der Waals surface area contributed by atoms with Gasteiger partial charge in [-0.2, -0.15) is 0 Å². The van der Waals surface area contributed by atoms with E-state index in [0.29, 0.717) is 5.41 Å². The van der Waals surface area contributed by atoms with Gasteiger partial charge in [-0.15, -0.1) is 0 Å². The lowest BCUT2D eigenvalue weighted by Crippen LogP contribution is -2.47. The van der Waals surface area contributed by atoms with Crippen molar-refractivity contribution in [1.29, 1.82) is 0 Å². The quantitative estimate of drug-likeness (QED) is 0.761. The van der Waals surface area contributed by atoms with Crippen molar-refractivity contribution in [1.82, 2.24) is 10.2 Å². The van der Waals surface area contributed by atoms with Crippen molar-refractivity contribution < 1.29 is 4.74 Å². The monoisotopic (exact) mass is 238 g/mol. The lowest BCUT2D eigenvalue weighted by Gasteiger charge is -2.40. The third-order valence-corrected chi connectivity index (χ3v) is 4.65. The summed E-state index contributed by atoms with van der Waals surface area (Å²) in [6.45, 7) is 4.40. The van der Waals surface area contributed by atoms with Crippen LogP contribution in [0.1, 0.15) is 38.5 Å². The smallest absolute Gasteiger partial charge is 0.0472 e. The van der Waals surface area contributed by atoms with Crippen LogP contribution in [0, 0.1) is 5.41 Å². The Morgan fingerprint density at radius 1 is 1.18 bits per heavy atom. The molecule has 0 unspecified atom stereocenters. The molecule has 0 amide bonds. The fourth-order valence-electron chi connectivity index (χ4n) is 3.02. The summed E-state index contributed by atoms with van der Waals surface area (Å²) < 4.78 is 5.56. The van der Waals surface area contributed by atoms with Crippen LogP contribution < -0.4 is 5.32 Å². The van der Waals surface area contributed by atoms with Crippen LogP contribution in [0.4, 0.5) is 0 Å². The number of hydrogen-bond donors (Lipinski definition) is 1. The molecule has 2 saturated carbocycles. The molecular weight excluding hydrogens is 212 g/mol. The van der Waals surface area contributed by atoms with Gasteiger partial charge in [0.2, 0.25) is 0 Å². The first kappa shape index (κ1) is 11.9. The van der Waals surface area contributed by atoms with E-state index in [0.717, 1.165) is 25.3 Å². The third kappa shape index (κ3) is 3.21. The molecule has 3 aliphatic rings. The molecule has 0 radical (unpaired) electrons. The summed E-state index contributed by atoms with van der Waals surface area (Å²) in [5.74, 6) is 0. The molecule has 0 aromatic rings. The lowest BCUT2D eigenvalue weighted by atomic mass is 9.79. The molecular formula is C14H26N2O. The van der Waals surface area contributed by atoms with Crippen molar-refractivity contribution in [2.45, 2.75) is 50.6 Å². The van der Waals surface area contributed by atoms with Crippen LogP contribution in [0.3, 0.4) is 0 Å². The molecule has 98 valence electrons. The molecule has 3 nitrogen and oxygen atoms in total. The van der Waals surface area contributed by atoms with Crippen LogP contribution in [0.5, 0.6) is 0 Å². The van der Waals surface area contributed by atoms with Crippen molar-refractivity contribution in [3.05, 3.63) is 0 Å². The lowest BCUT2D eigenvalue weighted by molar-refractivity contribution is -0.00188. The predicted octanol–water partition coefficient (Wildman–Crippen LogP) is 1.63. The summed E-state index contributed by atoms with van der Waals surface area (Å²) in [5.41, 5.74) is 0.484. The summed E-state index contributed by atoms with van der Waals surface area (Å²) in [5, 5.41) is 3.75. The van der Waals surface area contributed by atoms with Crippen LogP contribution in [-0.2, 0) is 4.74 Å². The minimum absolute atomic E-state index is 0.484. The van der Waals surface area contributed by atoms with Gasteiger partial charge >= 0.3 is 0 Å². The molecule has 1 aliphatic heterocycles. The molecule has 17 heavy (non-hydrogen) atoms. The molecule has 3 heteroatoms. The summed E-state index contributed by atoms with van der Waals surface area (Å²) >= 11 is 0. The Balaban J connectivity index is 1.56. The highest BCUT2D eigenvalue weighted by atomic mass is 16.5. The molecule has 0 aromatic carbocycles. The normalized spacial score (nSPS) is 28.6. The largest absolute Gasteiger partial charge is 0.381 e. The topological polar surface area (TPSA) is 24.5 Å². The second-order valence-electron chi connectivity index (χ2n) is 6.41. The summed E-state index contributed by atoms with van der Waals surface area (Å²) in [7, 11) is 2.31. The van der Waals surface area contributed by atoms with Gasteiger partial charge in [-0.05, 0) is 51.0 Å². The van der Waals surface area contributed by atoms with Gasteiger partial charge in [-0.3, -0.25) is 0 Å². The van der Waals surface area contributed by atoms with E-state index >= 15 is 0 Å². The molecule has 1 N–H and O–H groups in total. The van der Waals surface area contributed by atoms with Crippen molar-refractivity contribution in [2.24, 2.45) is 5.41 Å². The number of hydrogen-bond acceptors (Lipinski definition) is 3. The molecule has 0 spiro atoms. The predicted molar refractivity (Wildman–Crippen MR) is 69.2 cm³/mol. The van der Waals surface area contributed by atoms with E-state index < -0.39 is 0 Å². The van der Waals surface area contributed by atoms with Crippen molar-refractivity contribution >= 4 is 0 Å². The highest BCUT2D eigenvalue weighted by molar-refractivity contribution is 4.93. The Labute approximate surface area is 105 Å². The Morgan fingerprint density at radius 2 is 1.88 bits per heavy atom.